The molecule has 28 heavy (non-hydrogen) atoms. The van der Waals surface area contributed by atoms with Crippen molar-refractivity contribution >= 4 is 16.5 Å². The van der Waals surface area contributed by atoms with Crippen LogP contribution in [0.5, 0.6) is 11.5 Å². The highest BCUT2D eigenvalue weighted by molar-refractivity contribution is 5.87. The quantitative estimate of drug-likeness (QED) is 0.431. The van der Waals surface area contributed by atoms with Crippen LogP contribution in [0.15, 0.2) is 91.0 Å². The topological polar surface area (TPSA) is 30.5 Å². The van der Waals surface area contributed by atoms with Gasteiger partial charge in [-0.2, -0.15) is 0 Å². The summed E-state index contributed by atoms with van der Waals surface area (Å²) in [4.78, 5) is 0. The van der Waals surface area contributed by atoms with E-state index in [1.54, 1.807) is 7.11 Å². The molecule has 3 nitrogen and oxygen atoms in total. The number of anilines is 1. The lowest BCUT2D eigenvalue weighted by Gasteiger charge is -2.10. The highest BCUT2D eigenvalue weighted by atomic mass is 16.5. The molecule has 4 rings (SSSR count). The Kier molecular flexibility index (Phi) is 5.43. The lowest BCUT2D eigenvalue weighted by atomic mass is 10.1. The average Bonchev–Trinajstić information content (AvgIpc) is 2.77. The summed E-state index contributed by atoms with van der Waals surface area (Å²) < 4.78 is 11.1. The minimum Gasteiger partial charge on any atom is -0.497 e. The van der Waals surface area contributed by atoms with Crippen LogP contribution in [0, 0.1) is 0 Å². The van der Waals surface area contributed by atoms with E-state index in [0.29, 0.717) is 6.61 Å². The molecule has 4 aromatic rings. The van der Waals surface area contributed by atoms with Crippen LogP contribution in [0.3, 0.4) is 0 Å². The van der Waals surface area contributed by atoms with E-state index in [1.807, 2.05) is 36.4 Å². The van der Waals surface area contributed by atoms with Crippen molar-refractivity contribution in [3.63, 3.8) is 0 Å². The molecule has 0 saturated carbocycles. The number of hydrogen-bond acceptors (Lipinski definition) is 3. The second-order valence-corrected chi connectivity index (χ2v) is 6.70. The molecule has 0 amide bonds. The number of ether oxygens (including phenoxy) is 2. The average molecular weight is 369 g/mol. The van der Waals surface area contributed by atoms with E-state index in [0.717, 1.165) is 23.7 Å². The van der Waals surface area contributed by atoms with E-state index in [9.17, 15) is 0 Å². The summed E-state index contributed by atoms with van der Waals surface area (Å²) >= 11 is 0. The number of hydrogen-bond donors (Lipinski definition) is 1. The maximum atomic E-state index is 5.93. The molecule has 0 saturated heterocycles. The lowest BCUT2D eigenvalue weighted by Crippen LogP contribution is -1.99. The van der Waals surface area contributed by atoms with Crippen molar-refractivity contribution in [2.24, 2.45) is 0 Å². The summed E-state index contributed by atoms with van der Waals surface area (Å²) in [6, 6.07) is 30.9. The van der Waals surface area contributed by atoms with E-state index in [-0.39, 0.29) is 0 Å². The van der Waals surface area contributed by atoms with Crippen molar-refractivity contribution in [1.82, 2.24) is 0 Å². The molecule has 0 heterocycles. The fourth-order valence-corrected chi connectivity index (χ4v) is 3.11. The standard InChI is InChI=1S/C25H23NO2/c1-27-24-12-7-19(8-13-24)17-26-23-11-9-22-16-25(14-10-21(22)15-23)28-18-20-5-3-2-4-6-20/h2-16,26H,17-18H2,1H3. The summed E-state index contributed by atoms with van der Waals surface area (Å²) in [5, 5.41) is 5.83. The largest absolute Gasteiger partial charge is 0.497 e. The maximum Gasteiger partial charge on any atom is 0.120 e. The fourth-order valence-electron chi connectivity index (χ4n) is 3.11. The predicted octanol–water partition coefficient (Wildman–Crippen LogP) is 6.04. The van der Waals surface area contributed by atoms with Crippen LogP contribution in [0.25, 0.3) is 10.8 Å². The van der Waals surface area contributed by atoms with Gasteiger partial charge in [-0.3, -0.25) is 0 Å². The minimum absolute atomic E-state index is 0.577. The Balaban J connectivity index is 1.41. The molecule has 0 aliphatic heterocycles. The van der Waals surface area contributed by atoms with Gasteiger partial charge >= 0.3 is 0 Å². The molecule has 0 fully saturated rings. The van der Waals surface area contributed by atoms with Crippen LogP contribution < -0.4 is 14.8 Å². The van der Waals surface area contributed by atoms with Crippen molar-refractivity contribution < 1.29 is 9.47 Å². The van der Waals surface area contributed by atoms with Crippen LogP contribution in [-0.4, -0.2) is 7.11 Å². The maximum absolute atomic E-state index is 5.93. The van der Waals surface area contributed by atoms with Gasteiger partial charge in [0.2, 0.25) is 0 Å². The second kappa shape index (κ2) is 8.49. The zero-order valence-corrected chi connectivity index (χ0v) is 15.9. The number of rotatable bonds is 7. The number of methoxy groups -OCH3 is 1. The van der Waals surface area contributed by atoms with Crippen molar-refractivity contribution in [2.45, 2.75) is 13.2 Å². The zero-order valence-electron chi connectivity index (χ0n) is 15.9. The zero-order chi connectivity index (χ0) is 19.2. The van der Waals surface area contributed by atoms with Crippen molar-refractivity contribution in [3.8, 4) is 11.5 Å². The van der Waals surface area contributed by atoms with Gasteiger partial charge in [-0.15, -0.1) is 0 Å². The molecule has 0 spiro atoms. The molecular weight excluding hydrogens is 346 g/mol. The monoisotopic (exact) mass is 369 g/mol. The van der Waals surface area contributed by atoms with Gasteiger partial charge < -0.3 is 14.8 Å². The van der Waals surface area contributed by atoms with Gasteiger partial charge in [0, 0.05) is 12.2 Å². The second-order valence-electron chi connectivity index (χ2n) is 6.70. The molecule has 0 atom stereocenters. The molecule has 1 N–H and O–H groups in total. The summed E-state index contributed by atoms with van der Waals surface area (Å²) in [5.74, 6) is 1.76. The van der Waals surface area contributed by atoms with Gasteiger partial charge in [-0.1, -0.05) is 54.6 Å². The molecule has 140 valence electrons. The third-order valence-corrected chi connectivity index (χ3v) is 4.72. The SMILES string of the molecule is COc1ccc(CNc2ccc3cc(OCc4ccccc4)ccc3c2)cc1. The number of nitrogens with one attached hydrogen (secondary N) is 1. The van der Waals surface area contributed by atoms with E-state index in [4.69, 9.17) is 9.47 Å². The Morgan fingerprint density at radius 3 is 2.18 bits per heavy atom. The summed E-state index contributed by atoms with van der Waals surface area (Å²) in [7, 11) is 1.68. The molecule has 4 aromatic carbocycles. The molecule has 3 heteroatoms. The van der Waals surface area contributed by atoms with Gasteiger partial charge in [0.25, 0.3) is 0 Å². The third kappa shape index (κ3) is 4.44. The smallest absolute Gasteiger partial charge is 0.120 e. The van der Waals surface area contributed by atoms with Crippen molar-refractivity contribution in [1.29, 1.82) is 0 Å². The third-order valence-electron chi connectivity index (χ3n) is 4.72. The Hall–Kier alpha value is -3.46. The minimum atomic E-state index is 0.577. The van der Waals surface area contributed by atoms with E-state index >= 15 is 0 Å². The molecule has 0 aromatic heterocycles. The summed E-state index contributed by atoms with van der Waals surface area (Å²) in [5.41, 5.74) is 3.48. The van der Waals surface area contributed by atoms with Crippen LogP contribution in [0.4, 0.5) is 5.69 Å². The first-order chi connectivity index (χ1) is 13.8. The van der Waals surface area contributed by atoms with Crippen molar-refractivity contribution in [2.75, 3.05) is 12.4 Å². The van der Waals surface area contributed by atoms with Crippen LogP contribution in [0.1, 0.15) is 11.1 Å². The van der Waals surface area contributed by atoms with E-state index in [1.165, 1.54) is 21.9 Å². The van der Waals surface area contributed by atoms with E-state index < -0.39 is 0 Å². The fraction of sp³-hybridized carbons (Fsp3) is 0.120. The van der Waals surface area contributed by atoms with Gasteiger partial charge in [-0.25, -0.2) is 0 Å². The Bertz CT molecular complexity index is 1040. The Morgan fingerprint density at radius 2 is 1.39 bits per heavy atom. The number of benzene rings is 4. The Labute approximate surface area is 165 Å². The molecule has 0 aliphatic rings. The first-order valence-corrected chi connectivity index (χ1v) is 9.37. The molecular formula is C25H23NO2. The summed E-state index contributed by atoms with van der Waals surface area (Å²) in [6.07, 6.45) is 0. The Morgan fingerprint density at radius 1 is 0.679 bits per heavy atom. The predicted molar refractivity (Wildman–Crippen MR) is 115 cm³/mol. The highest BCUT2D eigenvalue weighted by Gasteiger charge is 2.01. The van der Waals surface area contributed by atoms with E-state index in [2.05, 4.69) is 59.9 Å². The summed E-state index contributed by atoms with van der Waals surface area (Å²) in [6.45, 7) is 1.35. The normalized spacial score (nSPS) is 10.6. The van der Waals surface area contributed by atoms with Crippen LogP contribution in [0.2, 0.25) is 0 Å². The number of fused-ring (bicyclic) bond motifs is 1. The molecule has 0 bridgehead atoms. The molecule has 0 aliphatic carbocycles. The molecule has 0 radical (unpaired) electrons. The lowest BCUT2D eigenvalue weighted by molar-refractivity contribution is 0.306. The first-order valence-electron chi connectivity index (χ1n) is 9.37. The van der Waals surface area contributed by atoms with Crippen molar-refractivity contribution in [3.05, 3.63) is 102 Å². The van der Waals surface area contributed by atoms with Crippen LogP contribution in [-0.2, 0) is 13.2 Å². The van der Waals surface area contributed by atoms with Gasteiger partial charge in [0.15, 0.2) is 0 Å². The van der Waals surface area contributed by atoms with Gasteiger partial charge in [0.05, 0.1) is 7.11 Å². The van der Waals surface area contributed by atoms with Gasteiger partial charge in [-0.05, 0) is 58.3 Å². The van der Waals surface area contributed by atoms with Gasteiger partial charge in [0.1, 0.15) is 18.1 Å². The van der Waals surface area contributed by atoms with Crippen LogP contribution >= 0.6 is 0 Å². The highest BCUT2D eigenvalue weighted by Crippen LogP contribution is 2.25. The first kappa shape index (κ1) is 17.9. The molecule has 0 unspecified atom stereocenters.